The number of oxazole rings is 1. The molecular weight excluding hydrogens is 681 g/mol. The van der Waals surface area contributed by atoms with Crippen molar-refractivity contribution in [1.29, 1.82) is 0 Å². The molecule has 0 fully saturated rings. The molecule has 10 aromatic carbocycles. The molecule has 0 radical (unpaired) electrons. The molecule has 0 aliphatic heterocycles. The predicted molar refractivity (Wildman–Crippen MR) is 235 cm³/mol. The van der Waals surface area contributed by atoms with Gasteiger partial charge >= 0.3 is 0 Å². The molecule has 0 amide bonds. The van der Waals surface area contributed by atoms with Crippen LogP contribution < -0.4 is 4.90 Å². The van der Waals surface area contributed by atoms with Gasteiger partial charge in [-0.25, -0.2) is 4.98 Å². The van der Waals surface area contributed by atoms with Crippen molar-refractivity contribution >= 4 is 71.3 Å². The van der Waals surface area contributed by atoms with Crippen LogP contribution in [-0.4, -0.2) is 4.98 Å². The normalized spacial score (nSPS) is 11.6. The van der Waals surface area contributed by atoms with Gasteiger partial charge in [-0.3, -0.25) is 0 Å². The topological polar surface area (TPSA) is 29.3 Å². The molecule has 11 aromatic rings. The zero-order chi connectivity index (χ0) is 37.0. The lowest BCUT2D eigenvalue weighted by Gasteiger charge is -2.26. The van der Waals surface area contributed by atoms with Crippen molar-refractivity contribution in [3.05, 3.63) is 206 Å². The first-order valence-electron chi connectivity index (χ1n) is 19.0. The Labute approximate surface area is 324 Å². The van der Waals surface area contributed by atoms with Crippen LogP contribution in [-0.2, 0) is 0 Å². The molecule has 0 aliphatic carbocycles. The average molecular weight is 715 g/mol. The Morgan fingerprint density at radius 3 is 1.82 bits per heavy atom. The summed E-state index contributed by atoms with van der Waals surface area (Å²) in [4.78, 5) is 7.36. The van der Waals surface area contributed by atoms with Crippen LogP contribution in [0.15, 0.2) is 211 Å². The monoisotopic (exact) mass is 714 g/mol. The van der Waals surface area contributed by atoms with E-state index in [1.807, 2.05) is 36.4 Å². The summed E-state index contributed by atoms with van der Waals surface area (Å²) >= 11 is 0. The molecule has 0 saturated heterocycles. The number of benzene rings is 10. The summed E-state index contributed by atoms with van der Waals surface area (Å²) < 4.78 is 6.28. The Kier molecular flexibility index (Phi) is 7.49. The van der Waals surface area contributed by atoms with E-state index in [1.165, 1.54) is 43.4 Å². The highest BCUT2D eigenvalue weighted by atomic mass is 16.3. The molecule has 0 aliphatic rings. The largest absolute Gasteiger partial charge is 0.436 e. The molecular formula is C53H34N2O. The van der Waals surface area contributed by atoms with Gasteiger partial charge in [-0.2, -0.15) is 0 Å². The van der Waals surface area contributed by atoms with Crippen LogP contribution in [0.2, 0.25) is 0 Å². The average Bonchev–Trinajstić information content (AvgIpc) is 3.72. The van der Waals surface area contributed by atoms with Crippen molar-refractivity contribution in [2.24, 2.45) is 0 Å². The second kappa shape index (κ2) is 13.1. The van der Waals surface area contributed by atoms with Crippen LogP contribution in [0.4, 0.5) is 17.1 Å². The van der Waals surface area contributed by atoms with E-state index in [4.69, 9.17) is 9.40 Å². The van der Waals surface area contributed by atoms with Crippen LogP contribution in [0.3, 0.4) is 0 Å². The number of nitrogens with zero attached hydrogens (tertiary/aromatic N) is 2. The van der Waals surface area contributed by atoms with Gasteiger partial charge in [0.25, 0.3) is 0 Å². The minimum absolute atomic E-state index is 0.633. The van der Waals surface area contributed by atoms with Crippen LogP contribution in [0.1, 0.15) is 0 Å². The molecule has 0 N–H and O–H groups in total. The van der Waals surface area contributed by atoms with Gasteiger partial charge in [0.2, 0.25) is 5.89 Å². The van der Waals surface area contributed by atoms with Gasteiger partial charge in [0.05, 0.1) is 0 Å². The third-order valence-electron chi connectivity index (χ3n) is 11.0. The Bertz CT molecular complexity index is 3240. The van der Waals surface area contributed by atoms with Crippen LogP contribution in [0, 0.1) is 0 Å². The quantitative estimate of drug-likeness (QED) is 0.161. The fraction of sp³-hybridized carbons (Fsp3) is 0. The highest BCUT2D eigenvalue weighted by Crippen LogP contribution is 2.41. The minimum Gasteiger partial charge on any atom is -0.436 e. The molecule has 0 bridgehead atoms. The van der Waals surface area contributed by atoms with E-state index in [9.17, 15) is 0 Å². The predicted octanol–water partition coefficient (Wildman–Crippen LogP) is 14.9. The van der Waals surface area contributed by atoms with Gasteiger partial charge in [-0.05, 0) is 127 Å². The fourth-order valence-corrected chi connectivity index (χ4v) is 8.35. The smallest absolute Gasteiger partial charge is 0.227 e. The number of hydrogen-bond acceptors (Lipinski definition) is 3. The molecule has 56 heavy (non-hydrogen) atoms. The molecule has 262 valence electrons. The first-order chi connectivity index (χ1) is 27.7. The van der Waals surface area contributed by atoms with Crippen LogP contribution in [0.5, 0.6) is 0 Å². The number of aromatic nitrogens is 1. The summed E-state index contributed by atoms with van der Waals surface area (Å²) in [6.07, 6.45) is 0. The van der Waals surface area contributed by atoms with Crippen molar-refractivity contribution in [2.75, 3.05) is 4.90 Å². The van der Waals surface area contributed by atoms with E-state index in [2.05, 4.69) is 175 Å². The second-order valence-electron chi connectivity index (χ2n) is 14.4. The van der Waals surface area contributed by atoms with E-state index >= 15 is 0 Å². The fourth-order valence-electron chi connectivity index (χ4n) is 8.35. The SMILES string of the molecule is c1ccc(-c2nc3c(ccc4cccc(-c5ccc6cc(N(c7ccccc7)c7ccc(-c8cc9ccccc9c9ccccc89)cc7)ccc6c5)c43)o2)cc1. The Hall–Kier alpha value is -7.49. The van der Waals surface area contributed by atoms with Gasteiger partial charge in [-0.1, -0.05) is 140 Å². The number of fused-ring (bicyclic) bond motifs is 7. The molecule has 3 heteroatoms. The summed E-state index contributed by atoms with van der Waals surface area (Å²) in [6.45, 7) is 0. The Morgan fingerprint density at radius 1 is 0.357 bits per heavy atom. The van der Waals surface area contributed by atoms with Gasteiger partial charge in [-0.15, -0.1) is 0 Å². The molecule has 1 aromatic heterocycles. The maximum atomic E-state index is 6.28. The molecule has 0 atom stereocenters. The number of hydrogen-bond donors (Lipinski definition) is 0. The van der Waals surface area contributed by atoms with Crippen LogP contribution in [0.25, 0.3) is 87.9 Å². The van der Waals surface area contributed by atoms with Crippen molar-refractivity contribution in [1.82, 2.24) is 4.98 Å². The van der Waals surface area contributed by atoms with Gasteiger partial charge in [0, 0.05) is 28.0 Å². The van der Waals surface area contributed by atoms with Crippen LogP contribution >= 0.6 is 0 Å². The molecule has 0 unspecified atom stereocenters. The number of rotatable bonds is 6. The summed E-state index contributed by atoms with van der Waals surface area (Å²) in [5.41, 5.74) is 10.7. The Balaban J connectivity index is 0.986. The zero-order valence-corrected chi connectivity index (χ0v) is 30.4. The maximum Gasteiger partial charge on any atom is 0.227 e. The summed E-state index contributed by atoms with van der Waals surface area (Å²) in [5, 5.41) is 9.65. The molecule has 3 nitrogen and oxygen atoms in total. The summed E-state index contributed by atoms with van der Waals surface area (Å²) in [6, 6.07) is 73.6. The molecule has 0 spiro atoms. The van der Waals surface area contributed by atoms with E-state index < -0.39 is 0 Å². The third-order valence-corrected chi connectivity index (χ3v) is 11.0. The molecule has 11 rings (SSSR count). The minimum atomic E-state index is 0.633. The lowest BCUT2D eigenvalue weighted by Crippen LogP contribution is -2.09. The van der Waals surface area contributed by atoms with Gasteiger partial charge in [0.15, 0.2) is 5.58 Å². The van der Waals surface area contributed by atoms with E-state index in [1.54, 1.807) is 0 Å². The molecule has 0 saturated carbocycles. The summed E-state index contributed by atoms with van der Waals surface area (Å²) in [7, 11) is 0. The number of para-hydroxylation sites is 1. The Morgan fingerprint density at radius 2 is 0.982 bits per heavy atom. The van der Waals surface area contributed by atoms with Gasteiger partial charge < -0.3 is 9.32 Å². The van der Waals surface area contributed by atoms with E-state index in [-0.39, 0.29) is 0 Å². The number of anilines is 3. The highest BCUT2D eigenvalue weighted by Gasteiger charge is 2.17. The maximum absolute atomic E-state index is 6.28. The standard InChI is InChI=1S/C53H34N2O/c1-3-12-37(13-4-1)53-54-52-50(56-53)31-27-36-15-11-21-46(51(36)52)41-23-22-39-33-44(30-26-38(39)32-41)55(42-16-5-2-6-17-42)43-28-24-35(25-29-43)49-34-40-14-7-8-18-45(40)47-19-9-10-20-48(47)49/h1-34H. The summed E-state index contributed by atoms with van der Waals surface area (Å²) in [5.74, 6) is 0.633. The lowest BCUT2D eigenvalue weighted by molar-refractivity contribution is 0.620. The van der Waals surface area contributed by atoms with Gasteiger partial charge in [0.1, 0.15) is 5.52 Å². The van der Waals surface area contributed by atoms with Crippen molar-refractivity contribution in [3.8, 4) is 33.7 Å². The first-order valence-corrected chi connectivity index (χ1v) is 19.0. The van der Waals surface area contributed by atoms with Crippen molar-refractivity contribution < 1.29 is 4.42 Å². The van der Waals surface area contributed by atoms with E-state index in [0.717, 1.165) is 55.6 Å². The first kappa shape index (κ1) is 32.0. The zero-order valence-electron chi connectivity index (χ0n) is 30.4. The van der Waals surface area contributed by atoms with Crippen molar-refractivity contribution in [2.45, 2.75) is 0 Å². The van der Waals surface area contributed by atoms with E-state index in [0.29, 0.717) is 5.89 Å². The highest BCUT2D eigenvalue weighted by molar-refractivity contribution is 6.14. The second-order valence-corrected chi connectivity index (χ2v) is 14.4. The molecule has 1 heterocycles. The lowest BCUT2D eigenvalue weighted by atomic mass is 9.93. The third kappa shape index (κ3) is 5.40. The van der Waals surface area contributed by atoms with Crippen molar-refractivity contribution in [3.63, 3.8) is 0 Å².